The van der Waals surface area contributed by atoms with Crippen molar-refractivity contribution in [3.05, 3.63) is 87.5 Å². The highest BCUT2D eigenvalue weighted by Gasteiger charge is 2.33. The second kappa shape index (κ2) is 17.1. The van der Waals surface area contributed by atoms with Gasteiger partial charge in [-0.2, -0.15) is 0 Å². The van der Waals surface area contributed by atoms with Gasteiger partial charge < -0.3 is 29.2 Å². The SMILES string of the molecule is CCCCCCC1C(=O)NC(C(=O)OC)Cc2ccc(c([N+](=O)[O-])c2)Oc2cccc(c2)CC(=O)N1CCc1ccc(OC)c(OC)c1. The second-order valence-corrected chi connectivity index (χ2v) is 11.7. The number of nitro groups is 1. The van der Waals surface area contributed by atoms with Crippen LogP contribution in [0.2, 0.25) is 0 Å². The van der Waals surface area contributed by atoms with E-state index in [1.807, 2.05) is 12.1 Å². The van der Waals surface area contributed by atoms with Gasteiger partial charge in [0.05, 0.1) is 32.7 Å². The first-order chi connectivity index (χ1) is 23.2. The molecule has 0 saturated heterocycles. The molecule has 0 aliphatic carbocycles. The van der Waals surface area contributed by atoms with E-state index in [0.717, 1.165) is 24.8 Å². The van der Waals surface area contributed by atoms with Gasteiger partial charge in [-0.3, -0.25) is 19.7 Å². The van der Waals surface area contributed by atoms with Crippen molar-refractivity contribution in [1.29, 1.82) is 0 Å². The molecule has 0 aromatic heterocycles. The number of fused-ring (bicyclic) bond motifs is 9. The Morgan fingerprint density at radius 3 is 2.48 bits per heavy atom. The molecule has 3 aromatic carbocycles. The van der Waals surface area contributed by atoms with E-state index < -0.39 is 28.9 Å². The third kappa shape index (κ3) is 9.24. The first-order valence-corrected chi connectivity index (χ1v) is 16.1. The number of benzene rings is 3. The van der Waals surface area contributed by atoms with Gasteiger partial charge in [0.15, 0.2) is 11.5 Å². The van der Waals surface area contributed by atoms with Gasteiger partial charge in [0.25, 0.3) is 0 Å². The Labute approximate surface area is 280 Å². The molecule has 0 radical (unpaired) electrons. The zero-order chi connectivity index (χ0) is 34.6. The van der Waals surface area contributed by atoms with Crippen LogP contribution in [0.5, 0.6) is 23.0 Å². The minimum atomic E-state index is -1.16. The maximum atomic E-state index is 14.2. The number of nitrogens with one attached hydrogen (secondary N) is 1. The molecule has 2 aliphatic rings. The summed E-state index contributed by atoms with van der Waals surface area (Å²) < 4.78 is 21.8. The van der Waals surface area contributed by atoms with Crippen LogP contribution in [0.4, 0.5) is 5.69 Å². The van der Waals surface area contributed by atoms with Crippen LogP contribution in [0, 0.1) is 10.1 Å². The maximum Gasteiger partial charge on any atom is 0.328 e. The Morgan fingerprint density at radius 2 is 1.77 bits per heavy atom. The van der Waals surface area contributed by atoms with Gasteiger partial charge in [0, 0.05) is 19.0 Å². The highest BCUT2D eigenvalue weighted by Crippen LogP contribution is 2.33. The fourth-order valence-corrected chi connectivity index (χ4v) is 5.81. The second-order valence-electron chi connectivity index (χ2n) is 11.7. The number of methoxy groups -OCH3 is 3. The van der Waals surface area contributed by atoms with Crippen molar-refractivity contribution in [3.8, 4) is 23.0 Å². The van der Waals surface area contributed by atoms with Gasteiger partial charge in [-0.05, 0) is 59.9 Å². The molecular weight excluding hydrogens is 618 g/mol. The molecule has 256 valence electrons. The topological polar surface area (TPSA) is 147 Å². The third-order valence-corrected chi connectivity index (χ3v) is 8.36. The fourth-order valence-electron chi connectivity index (χ4n) is 5.81. The van der Waals surface area contributed by atoms with Crippen molar-refractivity contribution < 1.29 is 38.3 Å². The number of hydrogen-bond acceptors (Lipinski definition) is 9. The summed E-state index contributed by atoms with van der Waals surface area (Å²) in [4.78, 5) is 54.4. The number of rotatable bonds is 12. The first-order valence-electron chi connectivity index (χ1n) is 16.1. The number of unbranched alkanes of at least 4 members (excludes halogenated alkanes) is 3. The number of ether oxygens (including phenoxy) is 4. The Kier molecular flexibility index (Phi) is 12.8. The minimum absolute atomic E-state index is 0.00154. The van der Waals surface area contributed by atoms with Crippen LogP contribution in [0.1, 0.15) is 55.7 Å². The lowest BCUT2D eigenvalue weighted by Gasteiger charge is -2.32. The third-order valence-electron chi connectivity index (χ3n) is 8.36. The van der Waals surface area contributed by atoms with E-state index in [2.05, 4.69) is 12.2 Å². The minimum Gasteiger partial charge on any atom is -0.493 e. The zero-order valence-electron chi connectivity index (χ0n) is 27.9. The highest BCUT2D eigenvalue weighted by atomic mass is 16.6. The summed E-state index contributed by atoms with van der Waals surface area (Å²) in [6.07, 6.45) is 4.19. The van der Waals surface area contributed by atoms with Crippen LogP contribution in [-0.4, -0.2) is 67.6 Å². The summed E-state index contributed by atoms with van der Waals surface area (Å²) in [5.74, 6) is -0.0595. The molecule has 12 nitrogen and oxygen atoms in total. The molecule has 0 spiro atoms. The van der Waals surface area contributed by atoms with Crippen LogP contribution in [0.15, 0.2) is 60.7 Å². The Morgan fingerprint density at radius 1 is 0.979 bits per heavy atom. The number of nitrogens with zero attached hydrogens (tertiary/aromatic N) is 2. The molecular formula is C36H43N3O9. The van der Waals surface area contributed by atoms with E-state index in [9.17, 15) is 24.5 Å². The molecule has 0 saturated carbocycles. The number of carbonyl (C=O) groups is 3. The summed E-state index contributed by atoms with van der Waals surface area (Å²) in [6, 6.07) is 14.7. The van der Waals surface area contributed by atoms with Crippen molar-refractivity contribution in [2.24, 2.45) is 0 Å². The molecule has 4 bridgehead atoms. The number of amides is 2. The lowest BCUT2D eigenvalue weighted by atomic mass is 10.0. The predicted molar refractivity (Wildman–Crippen MR) is 178 cm³/mol. The van der Waals surface area contributed by atoms with Gasteiger partial charge in [-0.25, -0.2) is 4.79 Å². The lowest BCUT2D eigenvalue weighted by Crippen LogP contribution is -2.54. The first kappa shape index (κ1) is 35.7. The summed E-state index contributed by atoms with van der Waals surface area (Å²) in [5, 5.41) is 14.8. The lowest BCUT2D eigenvalue weighted by molar-refractivity contribution is -0.385. The molecule has 2 unspecified atom stereocenters. The van der Waals surface area contributed by atoms with Crippen LogP contribution < -0.4 is 19.5 Å². The molecule has 2 atom stereocenters. The Hall–Kier alpha value is -5.13. The highest BCUT2D eigenvalue weighted by molar-refractivity contribution is 5.91. The number of esters is 1. The average molecular weight is 662 g/mol. The molecule has 0 fully saturated rings. The van der Waals surface area contributed by atoms with Crippen LogP contribution in [-0.2, 0) is 38.4 Å². The van der Waals surface area contributed by atoms with Crippen molar-refractivity contribution in [3.63, 3.8) is 0 Å². The van der Waals surface area contributed by atoms with E-state index in [1.165, 1.54) is 19.2 Å². The van der Waals surface area contributed by atoms with Gasteiger partial charge in [0.2, 0.25) is 17.6 Å². The molecule has 1 N–H and O–H groups in total. The normalized spacial score (nSPS) is 16.5. The van der Waals surface area contributed by atoms with Crippen molar-refractivity contribution in [2.45, 2.75) is 70.4 Å². The molecule has 3 aromatic rings. The summed E-state index contributed by atoms with van der Waals surface area (Å²) in [5.41, 5.74) is 1.61. The zero-order valence-corrected chi connectivity index (χ0v) is 27.9. The summed E-state index contributed by atoms with van der Waals surface area (Å²) >= 11 is 0. The fraction of sp³-hybridized carbons (Fsp3) is 0.417. The molecule has 12 heteroatoms. The quantitative estimate of drug-likeness (QED) is 0.114. The Bertz CT molecular complexity index is 1610. The van der Waals surface area contributed by atoms with Gasteiger partial charge in [-0.15, -0.1) is 0 Å². The van der Waals surface area contributed by atoms with Crippen LogP contribution in [0.25, 0.3) is 0 Å². The standard InChI is InChI=1S/C36H43N3O9/c1-5-6-7-8-12-29-35(41)37-28(36(42)47-4)20-26-14-15-31(30(21-26)39(43)44)48-27-11-9-10-25(19-27)23-34(40)38(29)18-17-24-13-16-32(45-2)33(22-24)46-3/h9-11,13-16,19,21-22,28-29H,5-8,12,17-18,20,23H2,1-4H3,(H,37,41). The van der Waals surface area contributed by atoms with Crippen LogP contribution >= 0.6 is 0 Å². The molecule has 2 heterocycles. The van der Waals surface area contributed by atoms with Crippen molar-refractivity contribution in [2.75, 3.05) is 27.9 Å². The summed E-state index contributed by atoms with van der Waals surface area (Å²) in [7, 11) is 4.32. The maximum absolute atomic E-state index is 14.2. The smallest absolute Gasteiger partial charge is 0.328 e. The van der Waals surface area contributed by atoms with E-state index in [1.54, 1.807) is 55.5 Å². The van der Waals surface area contributed by atoms with Crippen molar-refractivity contribution >= 4 is 23.5 Å². The van der Waals surface area contributed by atoms with Gasteiger partial charge in [0.1, 0.15) is 17.8 Å². The van der Waals surface area contributed by atoms with Crippen LogP contribution in [0.3, 0.4) is 0 Å². The molecule has 5 rings (SSSR count). The van der Waals surface area contributed by atoms with Crippen molar-refractivity contribution in [1.82, 2.24) is 10.2 Å². The monoisotopic (exact) mass is 661 g/mol. The average Bonchev–Trinajstić information content (AvgIpc) is 3.08. The molecule has 48 heavy (non-hydrogen) atoms. The van der Waals surface area contributed by atoms with Gasteiger partial charge in [-0.1, -0.05) is 56.9 Å². The predicted octanol–water partition coefficient (Wildman–Crippen LogP) is 5.57. The largest absolute Gasteiger partial charge is 0.493 e. The van der Waals surface area contributed by atoms with E-state index in [4.69, 9.17) is 18.9 Å². The summed E-state index contributed by atoms with van der Waals surface area (Å²) in [6.45, 7) is 2.31. The van der Waals surface area contributed by atoms with Gasteiger partial charge >= 0.3 is 11.7 Å². The molecule has 2 aliphatic heterocycles. The Balaban J connectivity index is 1.77. The number of nitro benzene ring substituents is 1. The number of carbonyl (C=O) groups excluding carboxylic acids is 3. The van der Waals surface area contributed by atoms with E-state index in [-0.39, 0.29) is 36.7 Å². The van der Waals surface area contributed by atoms with E-state index in [0.29, 0.717) is 47.6 Å². The molecule has 2 amide bonds. The van der Waals surface area contributed by atoms with E-state index >= 15 is 0 Å². The number of hydrogen-bond donors (Lipinski definition) is 1.